The molecule has 0 spiro atoms. The number of hydrogen-bond donors (Lipinski definition) is 2. The van der Waals surface area contributed by atoms with Crippen LogP contribution in [0.25, 0.3) is 0 Å². The minimum absolute atomic E-state index is 0. The van der Waals surface area contributed by atoms with Gasteiger partial charge in [-0.2, -0.15) is 0 Å². The lowest BCUT2D eigenvalue weighted by atomic mass is 10.1. The molecular weight excluding hydrogens is 514 g/mol. The van der Waals surface area contributed by atoms with Crippen molar-refractivity contribution >= 4 is 35.6 Å². The average Bonchev–Trinajstić information content (AvgIpc) is 2.73. The van der Waals surface area contributed by atoms with Crippen molar-refractivity contribution in [1.29, 1.82) is 0 Å². The number of benzene rings is 2. The number of hydrogen-bond acceptors (Lipinski definition) is 5. The number of anilines is 1. The molecule has 0 fully saturated rings. The van der Waals surface area contributed by atoms with Gasteiger partial charge in [0.1, 0.15) is 5.82 Å². The van der Waals surface area contributed by atoms with Crippen LogP contribution in [0, 0.1) is 5.82 Å². The molecule has 2 aromatic rings. The molecule has 0 aliphatic heterocycles. The summed E-state index contributed by atoms with van der Waals surface area (Å²) in [6.07, 6.45) is 0. The smallest absolute Gasteiger partial charge is 0.203 e. The third kappa shape index (κ3) is 7.73. The number of guanidine groups is 1. The minimum Gasteiger partial charge on any atom is -0.493 e. The monoisotopic (exact) mass is 546 g/mol. The molecule has 0 heterocycles. The zero-order chi connectivity index (χ0) is 22.1. The van der Waals surface area contributed by atoms with Crippen LogP contribution in [-0.2, 0) is 13.1 Å². The van der Waals surface area contributed by atoms with Gasteiger partial charge in [-0.3, -0.25) is 0 Å². The van der Waals surface area contributed by atoms with E-state index < -0.39 is 0 Å². The van der Waals surface area contributed by atoms with Gasteiger partial charge in [-0.05, 0) is 38.7 Å². The van der Waals surface area contributed by atoms with Gasteiger partial charge in [0.15, 0.2) is 17.5 Å². The Labute approximate surface area is 201 Å². The zero-order valence-electron chi connectivity index (χ0n) is 18.9. The molecule has 7 nitrogen and oxygen atoms in total. The van der Waals surface area contributed by atoms with Crippen LogP contribution in [-0.4, -0.2) is 52.8 Å². The van der Waals surface area contributed by atoms with Crippen LogP contribution < -0.4 is 24.8 Å². The van der Waals surface area contributed by atoms with Crippen LogP contribution in [0.1, 0.15) is 18.1 Å². The zero-order valence-corrected chi connectivity index (χ0v) is 21.2. The lowest BCUT2D eigenvalue weighted by Gasteiger charge is -2.16. The Bertz CT molecular complexity index is 853. The molecule has 2 aromatic carbocycles. The summed E-state index contributed by atoms with van der Waals surface area (Å²) in [5.74, 6) is 1.99. The van der Waals surface area contributed by atoms with Gasteiger partial charge in [0.05, 0.1) is 27.9 Å². The molecule has 31 heavy (non-hydrogen) atoms. The molecule has 2 N–H and O–H groups in total. The molecule has 172 valence electrons. The Morgan fingerprint density at radius 2 is 1.68 bits per heavy atom. The first-order valence-electron chi connectivity index (χ1n) is 9.69. The maximum absolute atomic E-state index is 14.0. The topological polar surface area (TPSA) is 67.4 Å². The van der Waals surface area contributed by atoms with Crippen LogP contribution in [0.4, 0.5) is 10.1 Å². The number of halogens is 2. The van der Waals surface area contributed by atoms with Crippen molar-refractivity contribution in [3.05, 3.63) is 47.3 Å². The highest BCUT2D eigenvalue weighted by Gasteiger charge is 2.14. The maximum atomic E-state index is 14.0. The van der Waals surface area contributed by atoms with E-state index in [0.717, 1.165) is 11.3 Å². The van der Waals surface area contributed by atoms with E-state index in [9.17, 15) is 4.39 Å². The predicted octanol–water partition coefficient (Wildman–Crippen LogP) is 4.11. The predicted molar refractivity (Wildman–Crippen MR) is 134 cm³/mol. The van der Waals surface area contributed by atoms with Gasteiger partial charge in [0, 0.05) is 36.5 Å². The molecule has 0 bridgehead atoms. The molecule has 0 aliphatic rings. The van der Waals surface area contributed by atoms with E-state index in [4.69, 9.17) is 14.2 Å². The third-order valence-electron chi connectivity index (χ3n) is 4.29. The second kappa shape index (κ2) is 13.2. The van der Waals surface area contributed by atoms with E-state index in [2.05, 4.69) is 15.6 Å². The van der Waals surface area contributed by atoms with E-state index in [0.29, 0.717) is 48.4 Å². The highest BCUT2D eigenvalue weighted by atomic mass is 127. The van der Waals surface area contributed by atoms with Crippen molar-refractivity contribution in [3.8, 4) is 17.2 Å². The molecule has 0 saturated heterocycles. The number of methoxy groups -OCH3 is 3. The standard InChI is InChI=1S/C22H31FN4O3.HI/c1-7-24-22(25-13-15-8-9-18(23)16(10-15)14-27(2)3)26-17-11-19(28-4)21(30-6)20(12-17)29-5;/h8-12H,7,13-14H2,1-6H3,(H2,24,25,26);1H. The number of ether oxygens (including phenoxy) is 3. The fourth-order valence-corrected chi connectivity index (χ4v) is 2.96. The Kier molecular flexibility index (Phi) is 11.4. The number of nitrogens with zero attached hydrogens (tertiary/aromatic N) is 2. The van der Waals surface area contributed by atoms with E-state index >= 15 is 0 Å². The van der Waals surface area contributed by atoms with Gasteiger partial charge in [-0.1, -0.05) is 6.07 Å². The summed E-state index contributed by atoms with van der Waals surface area (Å²) in [6.45, 7) is 3.61. The highest BCUT2D eigenvalue weighted by Crippen LogP contribution is 2.39. The van der Waals surface area contributed by atoms with Crippen molar-refractivity contribution < 1.29 is 18.6 Å². The molecular formula is C22H32FIN4O3. The van der Waals surface area contributed by atoms with Gasteiger partial charge in [0.25, 0.3) is 0 Å². The lowest BCUT2D eigenvalue weighted by Crippen LogP contribution is -2.30. The number of rotatable bonds is 9. The first-order chi connectivity index (χ1) is 14.4. The molecule has 0 aromatic heterocycles. The quantitative estimate of drug-likeness (QED) is 0.281. The van der Waals surface area contributed by atoms with Crippen molar-refractivity contribution in [2.75, 3.05) is 47.3 Å². The largest absolute Gasteiger partial charge is 0.493 e. The minimum atomic E-state index is -0.209. The Balaban J connectivity index is 0.00000480. The summed E-state index contributed by atoms with van der Waals surface area (Å²) in [5, 5.41) is 6.46. The summed E-state index contributed by atoms with van der Waals surface area (Å²) in [4.78, 5) is 6.56. The van der Waals surface area contributed by atoms with Crippen molar-refractivity contribution in [2.45, 2.75) is 20.0 Å². The summed E-state index contributed by atoms with van der Waals surface area (Å²) in [5.41, 5.74) is 2.31. The van der Waals surface area contributed by atoms with Crippen LogP contribution >= 0.6 is 24.0 Å². The fraction of sp³-hybridized carbons (Fsp3) is 0.409. The SMILES string of the molecule is CCNC(=NCc1ccc(F)c(CN(C)C)c1)Nc1cc(OC)c(OC)c(OC)c1.I. The summed E-state index contributed by atoms with van der Waals surface area (Å²) in [6, 6.07) is 8.70. The van der Waals surface area contributed by atoms with Crippen LogP contribution in [0.5, 0.6) is 17.2 Å². The molecule has 0 aliphatic carbocycles. The Morgan fingerprint density at radius 3 is 2.19 bits per heavy atom. The number of aliphatic imine (C=N–C) groups is 1. The van der Waals surface area contributed by atoms with Gasteiger partial charge < -0.3 is 29.7 Å². The molecule has 0 radical (unpaired) electrons. The average molecular weight is 546 g/mol. The third-order valence-corrected chi connectivity index (χ3v) is 4.29. The summed E-state index contributed by atoms with van der Waals surface area (Å²) < 4.78 is 30.2. The van der Waals surface area contributed by atoms with E-state index in [1.54, 1.807) is 39.5 Å². The first kappa shape index (κ1) is 26.8. The molecule has 0 unspecified atom stereocenters. The fourth-order valence-electron chi connectivity index (χ4n) is 2.96. The summed E-state index contributed by atoms with van der Waals surface area (Å²) in [7, 11) is 8.52. The van der Waals surface area contributed by atoms with Crippen molar-refractivity contribution in [3.63, 3.8) is 0 Å². The van der Waals surface area contributed by atoms with Gasteiger partial charge in [-0.15, -0.1) is 24.0 Å². The van der Waals surface area contributed by atoms with Gasteiger partial charge >= 0.3 is 0 Å². The first-order valence-corrected chi connectivity index (χ1v) is 9.69. The van der Waals surface area contributed by atoms with E-state index in [-0.39, 0.29) is 29.8 Å². The van der Waals surface area contributed by atoms with Crippen molar-refractivity contribution in [1.82, 2.24) is 10.2 Å². The van der Waals surface area contributed by atoms with Crippen LogP contribution in [0.15, 0.2) is 35.3 Å². The Morgan fingerprint density at radius 1 is 1.03 bits per heavy atom. The second-order valence-electron chi connectivity index (χ2n) is 6.90. The lowest BCUT2D eigenvalue weighted by molar-refractivity contribution is 0.324. The van der Waals surface area contributed by atoms with E-state index in [1.165, 1.54) is 6.07 Å². The second-order valence-corrected chi connectivity index (χ2v) is 6.90. The molecule has 0 saturated carbocycles. The highest BCUT2D eigenvalue weighted by molar-refractivity contribution is 14.0. The Hall–Kier alpha value is -2.27. The molecule has 2 rings (SSSR count). The van der Waals surface area contributed by atoms with Crippen LogP contribution in [0.2, 0.25) is 0 Å². The summed E-state index contributed by atoms with van der Waals surface area (Å²) >= 11 is 0. The molecule has 0 atom stereocenters. The van der Waals surface area contributed by atoms with Crippen LogP contribution in [0.3, 0.4) is 0 Å². The maximum Gasteiger partial charge on any atom is 0.203 e. The van der Waals surface area contributed by atoms with Crippen molar-refractivity contribution in [2.24, 2.45) is 4.99 Å². The van der Waals surface area contributed by atoms with E-state index in [1.807, 2.05) is 32.0 Å². The van der Waals surface area contributed by atoms with Gasteiger partial charge in [0.2, 0.25) is 5.75 Å². The normalized spacial score (nSPS) is 11.0. The molecule has 0 amide bonds. The number of nitrogens with one attached hydrogen (secondary N) is 2. The van der Waals surface area contributed by atoms with Gasteiger partial charge in [-0.25, -0.2) is 9.38 Å². The molecule has 9 heteroatoms.